The van der Waals surface area contributed by atoms with Gasteiger partial charge in [-0.2, -0.15) is 0 Å². The molecule has 1 aliphatic heterocycles. The molecule has 0 unspecified atom stereocenters. The van der Waals surface area contributed by atoms with E-state index in [9.17, 15) is 5.11 Å². The van der Waals surface area contributed by atoms with Crippen molar-refractivity contribution in [2.45, 2.75) is 32.3 Å². The lowest BCUT2D eigenvalue weighted by Crippen LogP contribution is -2.39. The predicted octanol–water partition coefficient (Wildman–Crippen LogP) is 2.30. The number of aryl methyl sites for hydroxylation is 2. The van der Waals surface area contributed by atoms with Crippen LogP contribution in [-0.2, 0) is 5.60 Å². The molecule has 0 radical (unpaired) electrons. The molecule has 2 nitrogen and oxygen atoms in total. The summed E-state index contributed by atoms with van der Waals surface area (Å²) in [4.78, 5) is 0. The zero-order valence-electron chi connectivity index (χ0n) is 9.92. The minimum absolute atomic E-state index is 0. The number of aliphatic hydroxyl groups is 1. The fraction of sp³-hybridized carbons (Fsp3) is 0.538. The predicted molar refractivity (Wildman–Crippen MR) is 69.2 cm³/mol. The summed E-state index contributed by atoms with van der Waals surface area (Å²) in [6, 6.07) is 6.29. The molecule has 0 bridgehead atoms. The van der Waals surface area contributed by atoms with Crippen molar-refractivity contribution in [2.75, 3.05) is 13.1 Å². The van der Waals surface area contributed by atoms with Gasteiger partial charge in [-0.25, -0.2) is 0 Å². The zero-order chi connectivity index (χ0) is 10.9. The van der Waals surface area contributed by atoms with Crippen LogP contribution in [0.4, 0.5) is 0 Å². The highest BCUT2D eigenvalue weighted by molar-refractivity contribution is 5.85. The highest BCUT2D eigenvalue weighted by Crippen LogP contribution is 2.31. The standard InChI is InChI=1S/C13H19NO.ClH/c1-10-3-4-12(9-11(10)2)13(15)5-7-14-8-6-13;/h3-4,9,14-15H,5-8H2,1-2H3;1H. The Morgan fingerprint density at radius 3 is 2.31 bits per heavy atom. The van der Waals surface area contributed by atoms with Crippen LogP contribution in [0.15, 0.2) is 18.2 Å². The molecule has 0 atom stereocenters. The summed E-state index contributed by atoms with van der Waals surface area (Å²) in [6.07, 6.45) is 1.63. The lowest BCUT2D eigenvalue weighted by Gasteiger charge is -2.33. The second kappa shape index (κ2) is 5.17. The van der Waals surface area contributed by atoms with E-state index in [2.05, 4.69) is 37.4 Å². The molecule has 0 aliphatic carbocycles. The van der Waals surface area contributed by atoms with Crippen LogP contribution in [0.25, 0.3) is 0 Å². The molecular formula is C13H20ClNO. The van der Waals surface area contributed by atoms with Crippen LogP contribution in [0.2, 0.25) is 0 Å². The van der Waals surface area contributed by atoms with Crippen molar-refractivity contribution in [1.29, 1.82) is 0 Å². The Hall–Kier alpha value is -0.570. The Labute approximate surface area is 103 Å². The first-order valence-corrected chi connectivity index (χ1v) is 5.63. The van der Waals surface area contributed by atoms with E-state index in [1.54, 1.807) is 0 Å². The van der Waals surface area contributed by atoms with Crippen molar-refractivity contribution >= 4 is 12.4 Å². The van der Waals surface area contributed by atoms with Crippen LogP contribution in [-0.4, -0.2) is 18.2 Å². The molecule has 1 aliphatic rings. The highest BCUT2D eigenvalue weighted by atomic mass is 35.5. The summed E-state index contributed by atoms with van der Waals surface area (Å²) < 4.78 is 0. The zero-order valence-corrected chi connectivity index (χ0v) is 10.7. The van der Waals surface area contributed by atoms with E-state index in [1.807, 2.05) is 0 Å². The van der Waals surface area contributed by atoms with Gasteiger partial charge in [0.2, 0.25) is 0 Å². The summed E-state index contributed by atoms with van der Waals surface area (Å²) in [7, 11) is 0. The van der Waals surface area contributed by atoms with Crippen LogP contribution in [0.1, 0.15) is 29.5 Å². The summed E-state index contributed by atoms with van der Waals surface area (Å²) in [5.41, 5.74) is 3.02. The second-order valence-electron chi connectivity index (χ2n) is 4.58. The van der Waals surface area contributed by atoms with E-state index >= 15 is 0 Å². The second-order valence-corrected chi connectivity index (χ2v) is 4.58. The van der Waals surface area contributed by atoms with E-state index in [4.69, 9.17) is 0 Å². The van der Waals surface area contributed by atoms with Gasteiger partial charge in [0.15, 0.2) is 0 Å². The van der Waals surface area contributed by atoms with Gasteiger partial charge in [0.25, 0.3) is 0 Å². The molecule has 0 aromatic heterocycles. The van der Waals surface area contributed by atoms with Crippen molar-refractivity contribution in [3.05, 3.63) is 34.9 Å². The normalized spacial score (nSPS) is 18.9. The van der Waals surface area contributed by atoms with Crippen molar-refractivity contribution in [1.82, 2.24) is 5.32 Å². The third-order valence-corrected chi connectivity index (χ3v) is 3.47. The van der Waals surface area contributed by atoms with E-state index < -0.39 is 5.60 Å². The SMILES string of the molecule is Cc1ccc(C2(O)CCNCC2)cc1C.Cl. The van der Waals surface area contributed by atoms with E-state index in [-0.39, 0.29) is 12.4 Å². The summed E-state index contributed by atoms with van der Waals surface area (Å²) >= 11 is 0. The van der Waals surface area contributed by atoms with Crippen LogP contribution in [0.3, 0.4) is 0 Å². The number of benzene rings is 1. The molecule has 1 fully saturated rings. The third-order valence-electron chi connectivity index (χ3n) is 3.47. The van der Waals surface area contributed by atoms with Gasteiger partial charge in [-0.3, -0.25) is 0 Å². The lowest BCUT2D eigenvalue weighted by molar-refractivity contribution is 0.00588. The maximum atomic E-state index is 10.5. The van der Waals surface area contributed by atoms with Crippen molar-refractivity contribution in [3.8, 4) is 0 Å². The Morgan fingerprint density at radius 1 is 1.12 bits per heavy atom. The molecule has 1 saturated heterocycles. The molecule has 0 spiro atoms. The first-order valence-electron chi connectivity index (χ1n) is 5.63. The van der Waals surface area contributed by atoms with Crippen LogP contribution >= 0.6 is 12.4 Å². The Morgan fingerprint density at radius 2 is 1.75 bits per heavy atom. The number of hydrogen-bond acceptors (Lipinski definition) is 2. The smallest absolute Gasteiger partial charge is 0.0920 e. The fourth-order valence-electron chi connectivity index (χ4n) is 2.16. The highest BCUT2D eigenvalue weighted by Gasteiger charge is 2.30. The average Bonchev–Trinajstić information content (AvgIpc) is 2.23. The monoisotopic (exact) mass is 241 g/mol. The first kappa shape index (κ1) is 13.5. The quantitative estimate of drug-likeness (QED) is 0.791. The number of piperidine rings is 1. The summed E-state index contributed by atoms with van der Waals surface area (Å²) in [5.74, 6) is 0. The maximum absolute atomic E-state index is 10.5. The molecule has 16 heavy (non-hydrogen) atoms. The molecule has 1 aromatic carbocycles. The lowest BCUT2D eigenvalue weighted by atomic mass is 9.84. The molecule has 1 heterocycles. The summed E-state index contributed by atoms with van der Waals surface area (Å²) in [5, 5.41) is 13.8. The number of rotatable bonds is 1. The molecule has 2 N–H and O–H groups in total. The number of hydrogen-bond donors (Lipinski definition) is 2. The maximum Gasteiger partial charge on any atom is 0.0920 e. The van der Waals surface area contributed by atoms with E-state index in [1.165, 1.54) is 11.1 Å². The van der Waals surface area contributed by atoms with E-state index in [0.717, 1.165) is 31.5 Å². The van der Waals surface area contributed by atoms with Crippen LogP contribution in [0, 0.1) is 13.8 Å². The van der Waals surface area contributed by atoms with Crippen molar-refractivity contribution < 1.29 is 5.11 Å². The van der Waals surface area contributed by atoms with Gasteiger partial charge in [-0.05, 0) is 56.5 Å². The minimum Gasteiger partial charge on any atom is -0.385 e. The van der Waals surface area contributed by atoms with Gasteiger partial charge < -0.3 is 10.4 Å². The van der Waals surface area contributed by atoms with Gasteiger partial charge in [-0.1, -0.05) is 18.2 Å². The molecule has 0 saturated carbocycles. The van der Waals surface area contributed by atoms with Crippen molar-refractivity contribution in [2.24, 2.45) is 0 Å². The third kappa shape index (κ3) is 2.57. The first-order chi connectivity index (χ1) is 7.12. The van der Waals surface area contributed by atoms with Gasteiger partial charge in [0, 0.05) is 0 Å². The Bertz CT molecular complexity index is 359. The van der Waals surface area contributed by atoms with Gasteiger partial charge in [0.1, 0.15) is 0 Å². The number of nitrogens with one attached hydrogen (secondary N) is 1. The van der Waals surface area contributed by atoms with E-state index in [0.29, 0.717) is 0 Å². The largest absolute Gasteiger partial charge is 0.385 e. The van der Waals surface area contributed by atoms with Gasteiger partial charge in [-0.15, -0.1) is 12.4 Å². The Kier molecular flexibility index (Phi) is 4.36. The van der Waals surface area contributed by atoms with Gasteiger partial charge >= 0.3 is 0 Å². The molecule has 1 aromatic rings. The summed E-state index contributed by atoms with van der Waals surface area (Å²) in [6.45, 7) is 6.02. The molecule has 2 rings (SSSR count). The average molecular weight is 242 g/mol. The topological polar surface area (TPSA) is 32.3 Å². The number of halogens is 1. The van der Waals surface area contributed by atoms with Gasteiger partial charge in [0.05, 0.1) is 5.60 Å². The van der Waals surface area contributed by atoms with Crippen molar-refractivity contribution in [3.63, 3.8) is 0 Å². The molecular weight excluding hydrogens is 222 g/mol. The molecule has 90 valence electrons. The molecule has 0 amide bonds. The fourth-order valence-corrected chi connectivity index (χ4v) is 2.16. The molecule has 3 heteroatoms. The minimum atomic E-state index is -0.607. The Balaban J connectivity index is 0.00000128. The van der Waals surface area contributed by atoms with Crippen LogP contribution in [0.5, 0.6) is 0 Å². The van der Waals surface area contributed by atoms with Crippen LogP contribution < -0.4 is 5.32 Å².